The van der Waals surface area contributed by atoms with Crippen LogP contribution in [0, 0.1) is 0 Å². The van der Waals surface area contributed by atoms with E-state index in [1.807, 2.05) is 20.8 Å². The first-order chi connectivity index (χ1) is 11.9. The first-order valence-corrected chi connectivity index (χ1v) is 8.51. The predicted octanol–water partition coefficient (Wildman–Crippen LogP) is 4.32. The van der Waals surface area contributed by atoms with Crippen LogP contribution in [-0.4, -0.2) is 42.5 Å². The van der Waals surface area contributed by atoms with E-state index in [0.717, 1.165) is 5.56 Å². The van der Waals surface area contributed by atoms with E-state index in [4.69, 9.17) is 15.2 Å². The number of nitrogen functional groups attached to an aromatic ring is 1. The normalized spacial score (nSPS) is 16.5. The van der Waals surface area contributed by atoms with Gasteiger partial charge in [-0.3, -0.25) is 0 Å². The molecular formula is C18H25F3N2O3. The first-order valence-electron chi connectivity index (χ1n) is 8.51. The first kappa shape index (κ1) is 20.2. The van der Waals surface area contributed by atoms with Crippen LogP contribution in [0.2, 0.25) is 0 Å². The minimum absolute atomic E-state index is 0.0924. The second-order valence-electron chi connectivity index (χ2n) is 7.44. The maximum absolute atomic E-state index is 12.2. The average molecular weight is 374 g/mol. The Kier molecular flexibility index (Phi) is 5.93. The van der Waals surface area contributed by atoms with Gasteiger partial charge in [0.25, 0.3) is 0 Å². The summed E-state index contributed by atoms with van der Waals surface area (Å²) in [5, 5.41) is 0. The summed E-state index contributed by atoms with van der Waals surface area (Å²) < 4.78 is 46.7. The van der Waals surface area contributed by atoms with Crippen LogP contribution < -0.4 is 10.5 Å². The van der Waals surface area contributed by atoms with Crippen LogP contribution in [0.5, 0.6) is 5.75 Å². The molecule has 2 N–H and O–H groups in total. The monoisotopic (exact) mass is 374 g/mol. The molecule has 26 heavy (non-hydrogen) atoms. The number of benzene rings is 1. The lowest BCUT2D eigenvalue weighted by molar-refractivity contribution is -0.153. The Morgan fingerprint density at radius 2 is 1.85 bits per heavy atom. The molecule has 1 fully saturated rings. The molecule has 1 aliphatic rings. The third-order valence-electron chi connectivity index (χ3n) is 4.05. The van der Waals surface area contributed by atoms with Crippen LogP contribution in [0.25, 0.3) is 0 Å². The zero-order valence-corrected chi connectivity index (χ0v) is 15.2. The molecule has 1 aromatic rings. The van der Waals surface area contributed by atoms with Crippen molar-refractivity contribution < 1.29 is 27.4 Å². The van der Waals surface area contributed by atoms with Crippen LogP contribution in [0.1, 0.15) is 45.1 Å². The zero-order chi connectivity index (χ0) is 19.5. The van der Waals surface area contributed by atoms with Gasteiger partial charge in [0, 0.05) is 24.8 Å². The Morgan fingerprint density at radius 3 is 2.35 bits per heavy atom. The number of likely N-dealkylation sites (tertiary alicyclic amines) is 1. The highest BCUT2D eigenvalue weighted by molar-refractivity contribution is 5.68. The predicted molar refractivity (Wildman–Crippen MR) is 92.2 cm³/mol. The molecule has 5 nitrogen and oxygen atoms in total. The number of hydrogen-bond acceptors (Lipinski definition) is 4. The van der Waals surface area contributed by atoms with E-state index >= 15 is 0 Å². The highest BCUT2D eigenvalue weighted by atomic mass is 19.4. The SMILES string of the molecule is CC(C)(C)OC(=O)N1CCC(c2ccc(OCC(F)(F)F)cc2N)CC1. The van der Waals surface area contributed by atoms with Crippen molar-refractivity contribution in [1.29, 1.82) is 0 Å². The van der Waals surface area contributed by atoms with Crippen molar-refractivity contribution in [2.24, 2.45) is 0 Å². The van der Waals surface area contributed by atoms with E-state index in [1.165, 1.54) is 12.1 Å². The van der Waals surface area contributed by atoms with Crippen molar-refractivity contribution in [3.05, 3.63) is 23.8 Å². The van der Waals surface area contributed by atoms with Gasteiger partial charge < -0.3 is 20.1 Å². The summed E-state index contributed by atoms with van der Waals surface area (Å²) in [7, 11) is 0. The van der Waals surface area contributed by atoms with E-state index in [-0.39, 0.29) is 17.8 Å². The number of amides is 1. The zero-order valence-electron chi connectivity index (χ0n) is 15.2. The Morgan fingerprint density at radius 1 is 1.23 bits per heavy atom. The van der Waals surface area contributed by atoms with Gasteiger partial charge in [-0.1, -0.05) is 6.07 Å². The van der Waals surface area contributed by atoms with Gasteiger partial charge in [-0.2, -0.15) is 13.2 Å². The number of ether oxygens (including phenoxy) is 2. The summed E-state index contributed by atoms with van der Waals surface area (Å²) in [6, 6.07) is 4.62. The van der Waals surface area contributed by atoms with Crippen molar-refractivity contribution in [3.8, 4) is 5.75 Å². The summed E-state index contributed by atoms with van der Waals surface area (Å²) in [6.45, 7) is 5.21. The summed E-state index contributed by atoms with van der Waals surface area (Å²) >= 11 is 0. The van der Waals surface area contributed by atoms with Crippen LogP contribution in [0.15, 0.2) is 18.2 Å². The largest absolute Gasteiger partial charge is 0.484 e. The quantitative estimate of drug-likeness (QED) is 0.800. The van der Waals surface area contributed by atoms with Gasteiger partial charge in [0.15, 0.2) is 6.61 Å². The van der Waals surface area contributed by atoms with Crippen molar-refractivity contribution in [2.45, 2.75) is 51.3 Å². The third kappa shape index (κ3) is 6.00. The minimum Gasteiger partial charge on any atom is -0.484 e. The number of rotatable bonds is 3. The van der Waals surface area contributed by atoms with Crippen LogP contribution in [0.3, 0.4) is 0 Å². The smallest absolute Gasteiger partial charge is 0.422 e. The van der Waals surface area contributed by atoms with E-state index < -0.39 is 18.4 Å². The van der Waals surface area contributed by atoms with Gasteiger partial charge in [-0.25, -0.2) is 4.79 Å². The van der Waals surface area contributed by atoms with Gasteiger partial charge in [0.2, 0.25) is 0 Å². The lowest BCUT2D eigenvalue weighted by Crippen LogP contribution is -2.41. The van der Waals surface area contributed by atoms with E-state index in [2.05, 4.69) is 0 Å². The summed E-state index contributed by atoms with van der Waals surface area (Å²) in [6.07, 6.45) is -3.29. The van der Waals surface area contributed by atoms with Gasteiger partial charge in [0.05, 0.1) is 0 Å². The van der Waals surface area contributed by atoms with Crippen molar-refractivity contribution in [1.82, 2.24) is 4.90 Å². The van der Waals surface area contributed by atoms with Crippen molar-refractivity contribution in [3.63, 3.8) is 0 Å². The van der Waals surface area contributed by atoms with Crippen molar-refractivity contribution >= 4 is 11.8 Å². The average Bonchev–Trinajstić information content (AvgIpc) is 2.51. The Bertz CT molecular complexity index is 634. The fourth-order valence-corrected chi connectivity index (χ4v) is 2.88. The highest BCUT2D eigenvalue weighted by Crippen LogP contribution is 2.34. The molecule has 146 valence electrons. The van der Waals surface area contributed by atoms with Crippen molar-refractivity contribution in [2.75, 3.05) is 25.4 Å². The topological polar surface area (TPSA) is 64.8 Å². The molecule has 1 aliphatic heterocycles. The lowest BCUT2D eigenvalue weighted by Gasteiger charge is -2.34. The molecule has 8 heteroatoms. The maximum atomic E-state index is 12.2. The molecule has 1 amide bonds. The molecule has 0 aromatic heterocycles. The van der Waals surface area contributed by atoms with Crippen LogP contribution >= 0.6 is 0 Å². The number of hydrogen-bond donors (Lipinski definition) is 1. The fourth-order valence-electron chi connectivity index (χ4n) is 2.88. The lowest BCUT2D eigenvalue weighted by atomic mass is 9.88. The standard InChI is InChI=1S/C18H25F3N2O3/c1-17(2,3)26-16(24)23-8-6-12(7-9-23)14-5-4-13(10-15(14)22)25-11-18(19,20)21/h4-5,10,12H,6-9,11,22H2,1-3H3. The van der Waals surface area contributed by atoms with E-state index in [1.54, 1.807) is 11.0 Å². The molecule has 0 atom stereocenters. The number of nitrogens with zero attached hydrogens (tertiary/aromatic N) is 1. The van der Waals surface area contributed by atoms with Crippen LogP contribution in [-0.2, 0) is 4.74 Å². The fraction of sp³-hybridized carbons (Fsp3) is 0.611. The number of carbonyl (C=O) groups excluding carboxylic acids is 1. The number of piperidine rings is 1. The molecule has 0 bridgehead atoms. The highest BCUT2D eigenvalue weighted by Gasteiger charge is 2.30. The Labute approximate surface area is 151 Å². The Hall–Kier alpha value is -2.12. The molecule has 0 unspecified atom stereocenters. The van der Waals surface area contributed by atoms with Crippen LogP contribution in [0.4, 0.5) is 23.7 Å². The molecular weight excluding hydrogens is 349 g/mol. The number of carbonyl (C=O) groups is 1. The number of alkyl halides is 3. The number of anilines is 1. The molecule has 2 rings (SSSR count). The molecule has 1 heterocycles. The third-order valence-corrected chi connectivity index (χ3v) is 4.05. The molecule has 0 saturated carbocycles. The van der Waals surface area contributed by atoms with E-state index in [0.29, 0.717) is 31.6 Å². The van der Waals surface area contributed by atoms with E-state index in [9.17, 15) is 18.0 Å². The maximum Gasteiger partial charge on any atom is 0.422 e. The molecule has 1 saturated heterocycles. The minimum atomic E-state index is -4.39. The van der Waals surface area contributed by atoms with Gasteiger partial charge in [-0.05, 0) is 51.2 Å². The second kappa shape index (κ2) is 7.63. The number of nitrogens with two attached hydrogens (primary N) is 1. The van der Waals surface area contributed by atoms with Gasteiger partial charge >= 0.3 is 12.3 Å². The number of halogens is 3. The molecule has 0 spiro atoms. The molecule has 1 aromatic carbocycles. The molecule has 0 aliphatic carbocycles. The second-order valence-corrected chi connectivity index (χ2v) is 7.44. The Balaban J connectivity index is 1.94. The summed E-state index contributed by atoms with van der Waals surface area (Å²) in [5.41, 5.74) is 6.74. The summed E-state index contributed by atoms with van der Waals surface area (Å²) in [4.78, 5) is 13.8. The van der Waals surface area contributed by atoms with Gasteiger partial charge in [-0.15, -0.1) is 0 Å². The van der Waals surface area contributed by atoms with Gasteiger partial charge in [0.1, 0.15) is 11.4 Å². The summed E-state index contributed by atoms with van der Waals surface area (Å²) in [5.74, 6) is 0.236. The molecule has 0 radical (unpaired) electrons.